The van der Waals surface area contributed by atoms with E-state index >= 15 is 0 Å². The van der Waals surface area contributed by atoms with Gasteiger partial charge in [-0.3, -0.25) is 9.59 Å². The van der Waals surface area contributed by atoms with Crippen LogP contribution in [0.3, 0.4) is 0 Å². The fourth-order valence-corrected chi connectivity index (χ4v) is 2.07. The number of carbonyl (C=O) groups is 2. The Morgan fingerprint density at radius 1 is 1.44 bits per heavy atom. The van der Waals surface area contributed by atoms with E-state index in [1.54, 1.807) is 12.1 Å². The number of nitrogens with zero attached hydrogens (tertiary/aromatic N) is 3. The standard InChI is InChI=1S/C9H10N6O2S/c1-5(16)11-8-3-2-6(18-8)9(17)10-4-7-12-14-15-13-7/h2-3H,4H2,1H3,(H,10,17)(H,11,16)(H,12,13,14,15). The van der Waals surface area contributed by atoms with E-state index in [2.05, 4.69) is 31.3 Å². The molecule has 0 aliphatic heterocycles. The van der Waals surface area contributed by atoms with Gasteiger partial charge in [-0.2, -0.15) is 5.21 Å². The van der Waals surface area contributed by atoms with Crippen LogP contribution in [0.1, 0.15) is 22.4 Å². The van der Waals surface area contributed by atoms with E-state index < -0.39 is 0 Å². The third-order valence-electron chi connectivity index (χ3n) is 1.93. The zero-order valence-electron chi connectivity index (χ0n) is 9.43. The van der Waals surface area contributed by atoms with Crippen molar-refractivity contribution in [1.82, 2.24) is 25.9 Å². The quantitative estimate of drug-likeness (QED) is 0.729. The average Bonchev–Trinajstić information content (AvgIpc) is 2.95. The lowest BCUT2D eigenvalue weighted by atomic mass is 10.4. The van der Waals surface area contributed by atoms with Gasteiger partial charge in [-0.05, 0) is 12.1 Å². The van der Waals surface area contributed by atoms with Crippen LogP contribution in [-0.4, -0.2) is 32.4 Å². The number of carbonyl (C=O) groups excluding carboxylic acids is 2. The van der Waals surface area contributed by atoms with Gasteiger partial charge in [0.15, 0.2) is 5.82 Å². The number of hydrogen-bond acceptors (Lipinski definition) is 6. The summed E-state index contributed by atoms with van der Waals surface area (Å²) in [5.41, 5.74) is 0. The van der Waals surface area contributed by atoms with Crippen molar-refractivity contribution >= 4 is 28.2 Å². The van der Waals surface area contributed by atoms with Gasteiger partial charge in [0.2, 0.25) is 5.91 Å². The van der Waals surface area contributed by atoms with Crippen LogP contribution in [0.25, 0.3) is 0 Å². The van der Waals surface area contributed by atoms with Crippen LogP contribution in [0.4, 0.5) is 5.00 Å². The van der Waals surface area contributed by atoms with Crippen molar-refractivity contribution in [3.05, 3.63) is 22.8 Å². The molecule has 9 heteroatoms. The fourth-order valence-electron chi connectivity index (χ4n) is 1.20. The summed E-state index contributed by atoms with van der Waals surface area (Å²) < 4.78 is 0. The van der Waals surface area contributed by atoms with Crippen LogP contribution in [0, 0.1) is 0 Å². The largest absolute Gasteiger partial charge is 0.344 e. The van der Waals surface area contributed by atoms with E-state index in [1.807, 2.05) is 0 Å². The number of amides is 2. The molecule has 18 heavy (non-hydrogen) atoms. The summed E-state index contributed by atoms with van der Waals surface area (Å²) in [6.45, 7) is 1.61. The molecule has 0 fully saturated rings. The first-order chi connectivity index (χ1) is 8.65. The van der Waals surface area contributed by atoms with Crippen molar-refractivity contribution in [2.45, 2.75) is 13.5 Å². The zero-order valence-corrected chi connectivity index (χ0v) is 10.2. The lowest BCUT2D eigenvalue weighted by molar-refractivity contribution is -0.114. The number of nitrogens with one attached hydrogen (secondary N) is 3. The van der Waals surface area contributed by atoms with E-state index in [9.17, 15) is 9.59 Å². The number of rotatable bonds is 4. The van der Waals surface area contributed by atoms with E-state index in [4.69, 9.17) is 0 Å². The van der Waals surface area contributed by atoms with Gasteiger partial charge in [0.05, 0.1) is 16.4 Å². The monoisotopic (exact) mass is 266 g/mol. The molecule has 0 aromatic carbocycles. The van der Waals surface area contributed by atoms with Crippen molar-refractivity contribution in [3.63, 3.8) is 0 Å². The molecule has 94 valence electrons. The van der Waals surface area contributed by atoms with Crippen LogP contribution in [0.15, 0.2) is 12.1 Å². The van der Waals surface area contributed by atoms with Gasteiger partial charge in [-0.15, -0.1) is 21.5 Å². The Balaban J connectivity index is 1.92. The molecule has 0 atom stereocenters. The average molecular weight is 266 g/mol. The molecule has 0 saturated carbocycles. The molecule has 0 bridgehead atoms. The summed E-state index contributed by atoms with van der Waals surface area (Å²) in [6.07, 6.45) is 0. The Bertz CT molecular complexity index is 549. The molecule has 2 amide bonds. The predicted octanol–water partition coefficient (Wildman–Crippen LogP) is 0.150. The summed E-state index contributed by atoms with van der Waals surface area (Å²) in [5, 5.41) is 19.0. The molecule has 0 aliphatic carbocycles. The topological polar surface area (TPSA) is 113 Å². The van der Waals surface area contributed by atoms with Crippen LogP contribution >= 0.6 is 11.3 Å². The van der Waals surface area contributed by atoms with Crippen molar-refractivity contribution < 1.29 is 9.59 Å². The molecule has 0 unspecified atom stereocenters. The highest BCUT2D eigenvalue weighted by molar-refractivity contribution is 7.18. The Kier molecular flexibility index (Phi) is 3.63. The summed E-state index contributed by atoms with van der Waals surface area (Å²) in [4.78, 5) is 23.1. The van der Waals surface area contributed by atoms with Crippen molar-refractivity contribution in [3.8, 4) is 0 Å². The first-order valence-electron chi connectivity index (χ1n) is 5.03. The lowest BCUT2D eigenvalue weighted by Crippen LogP contribution is -2.22. The van der Waals surface area contributed by atoms with Gasteiger partial charge >= 0.3 is 0 Å². The molecule has 0 radical (unpaired) electrons. The minimum atomic E-state index is -0.249. The molecule has 2 aromatic heterocycles. The summed E-state index contributed by atoms with van der Waals surface area (Å²) in [5.74, 6) is -0.0148. The second-order valence-corrected chi connectivity index (χ2v) is 4.44. The van der Waals surface area contributed by atoms with Crippen LogP contribution in [0.5, 0.6) is 0 Å². The van der Waals surface area contributed by atoms with Gasteiger partial charge in [0.1, 0.15) is 0 Å². The van der Waals surface area contributed by atoms with Crippen molar-refractivity contribution in [1.29, 1.82) is 0 Å². The Morgan fingerprint density at radius 2 is 2.28 bits per heavy atom. The summed E-state index contributed by atoms with van der Waals surface area (Å²) >= 11 is 1.20. The molecular formula is C9H10N6O2S. The molecule has 2 aromatic rings. The van der Waals surface area contributed by atoms with Gasteiger partial charge in [-0.1, -0.05) is 5.21 Å². The zero-order chi connectivity index (χ0) is 13.0. The smallest absolute Gasteiger partial charge is 0.261 e. The lowest BCUT2D eigenvalue weighted by Gasteiger charge is -1.99. The minimum Gasteiger partial charge on any atom is -0.344 e. The highest BCUT2D eigenvalue weighted by atomic mass is 32.1. The van der Waals surface area contributed by atoms with Crippen LogP contribution in [-0.2, 0) is 11.3 Å². The first kappa shape index (κ1) is 12.2. The number of thiophene rings is 1. The number of tetrazole rings is 1. The Morgan fingerprint density at radius 3 is 2.94 bits per heavy atom. The maximum absolute atomic E-state index is 11.7. The number of aromatic nitrogens is 4. The number of H-pyrrole nitrogens is 1. The van der Waals surface area contributed by atoms with Gasteiger partial charge < -0.3 is 10.6 Å². The Labute approximate surface area is 106 Å². The number of anilines is 1. The molecule has 0 aliphatic rings. The normalized spacial score (nSPS) is 10.1. The highest BCUT2D eigenvalue weighted by Gasteiger charge is 2.10. The van der Waals surface area contributed by atoms with E-state index in [0.717, 1.165) is 0 Å². The molecule has 2 rings (SSSR count). The molecular weight excluding hydrogens is 256 g/mol. The maximum Gasteiger partial charge on any atom is 0.261 e. The second kappa shape index (κ2) is 5.36. The highest BCUT2D eigenvalue weighted by Crippen LogP contribution is 2.21. The van der Waals surface area contributed by atoms with Gasteiger partial charge in [0.25, 0.3) is 5.91 Å². The van der Waals surface area contributed by atoms with Crippen molar-refractivity contribution in [2.75, 3.05) is 5.32 Å². The maximum atomic E-state index is 11.7. The Hall–Kier alpha value is -2.29. The molecule has 0 spiro atoms. The van der Waals surface area contributed by atoms with E-state index in [0.29, 0.717) is 15.7 Å². The van der Waals surface area contributed by atoms with Crippen LogP contribution < -0.4 is 10.6 Å². The SMILES string of the molecule is CC(=O)Nc1ccc(C(=O)NCc2nn[nH]n2)s1. The third-order valence-corrected chi connectivity index (χ3v) is 2.92. The van der Waals surface area contributed by atoms with Gasteiger partial charge in [-0.25, -0.2) is 0 Å². The van der Waals surface area contributed by atoms with Crippen molar-refractivity contribution in [2.24, 2.45) is 0 Å². The third kappa shape index (κ3) is 3.10. The molecule has 3 N–H and O–H groups in total. The molecule has 0 saturated heterocycles. The summed E-state index contributed by atoms with van der Waals surface area (Å²) in [6, 6.07) is 3.32. The summed E-state index contributed by atoms with van der Waals surface area (Å²) in [7, 11) is 0. The minimum absolute atomic E-state index is 0.171. The second-order valence-electron chi connectivity index (χ2n) is 3.36. The number of hydrogen-bond donors (Lipinski definition) is 3. The van der Waals surface area contributed by atoms with Crippen LogP contribution in [0.2, 0.25) is 0 Å². The first-order valence-corrected chi connectivity index (χ1v) is 5.85. The van der Waals surface area contributed by atoms with E-state index in [-0.39, 0.29) is 18.4 Å². The predicted molar refractivity (Wildman–Crippen MR) is 64.0 cm³/mol. The van der Waals surface area contributed by atoms with E-state index in [1.165, 1.54) is 18.3 Å². The number of aromatic amines is 1. The molecule has 2 heterocycles. The molecule has 8 nitrogen and oxygen atoms in total. The fraction of sp³-hybridized carbons (Fsp3) is 0.222. The van der Waals surface area contributed by atoms with Gasteiger partial charge in [0, 0.05) is 6.92 Å².